The monoisotopic (exact) mass is 426 g/mol. The van der Waals surface area contributed by atoms with Crippen molar-refractivity contribution in [2.75, 3.05) is 32.9 Å². The molecule has 0 saturated heterocycles. The molecule has 0 fully saturated rings. The first-order valence-electron chi connectivity index (χ1n) is 9.21. The second-order valence-corrected chi connectivity index (χ2v) is 8.09. The first-order valence-corrected chi connectivity index (χ1v) is 10.7. The average molecular weight is 427 g/mol. The van der Waals surface area contributed by atoms with Crippen molar-refractivity contribution >= 4 is 22.4 Å². The molecule has 3 rings (SSSR count). The summed E-state index contributed by atoms with van der Waals surface area (Å²) in [6.07, 6.45) is 0.962. The van der Waals surface area contributed by atoms with Crippen LogP contribution in [0.4, 0.5) is 0 Å². The molecule has 1 unspecified atom stereocenters. The van der Waals surface area contributed by atoms with Crippen molar-refractivity contribution in [2.45, 2.75) is 24.3 Å². The van der Waals surface area contributed by atoms with Crippen LogP contribution in [0.15, 0.2) is 53.4 Å². The van der Waals surface area contributed by atoms with Crippen LogP contribution in [0.5, 0.6) is 5.75 Å². The van der Waals surface area contributed by atoms with Crippen LogP contribution in [0.1, 0.15) is 24.1 Å². The number of sulfonamides is 1. The summed E-state index contributed by atoms with van der Waals surface area (Å²) < 4.78 is 38.6. The fourth-order valence-corrected chi connectivity index (χ4v) is 4.18. The summed E-state index contributed by atoms with van der Waals surface area (Å²) >= 11 is 0. The molecule has 0 radical (unpaired) electrons. The third kappa shape index (κ3) is 5.93. The second-order valence-electron chi connectivity index (χ2n) is 6.32. The van der Waals surface area contributed by atoms with E-state index in [1.807, 2.05) is 19.1 Å². The molecule has 28 heavy (non-hydrogen) atoms. The predicted octanol–water partition coefficient (Wildman–Crippen LogP) is 2.69. The Morgan fingerprint density at radius 2 is 1.86 bits per heavy atom. The zero-order valence-electron chi connectivity index (χ0n) is 15.9. The molecule has 1 aliphatic rings. The Bertz CT molecular complexity index is 844. The summed E-state index contributed by atoms with van der Waals surface area (Å²) in [5.74, 6) is 0.622. The van der Waals surface area contributed by atoms with E-state index in [0.717, 1.165) is 18.5 Å². The van der Waals surface area contributed by atoms with E-state index in [0.29, 0.717) is 32.1 Å². The van der Waals surface area contributed by atoms with Crippen LogP contribution in [0.2, 0.25) is 0 Å². The van der Waals surface area contributed by atoms with Crippen molar-refractivity contribution < 1.29 is 17.9 Å². The minimum Gasteiger partial charge on any atom is -0.491 e. The topological polar surface area (TPSA) is 76.7 Å². The molecule has 0 aromatic heterocycles. The van der Waals surface area contributed by atoms with Crippen molar-refractivity contribution in [3.05, 3.63) is 59.7 Å². The lowest BCUT2D eigenvalue weighted by Gasteiger charge is -2.27. The molecule has 0 spiro atoms. The highest BCUT2D eigenvalue weighted by Gasteiger charge is 2.22. The van der Waals surface area contributed by atoms with Crippen molar-refractivity contribution in [2.24, 2.45) is 0 Å². The predicted molar refractivity (Wildman–Crippen MR) is 112 cm³/mol. The molecule has 1 aliphatic heterocycles. The number of hydrogen-bond donors (Lipinski definition) is 2. The normalized spacial score (nSPS) is 16.1. The van der Waals surface area contributed by atoms with Gasteiger partial charge in [-0.1, -0.05) is 24.3 Å². The lowest BCUT2D eigenvalue weighted by atomic mass is 9.95. The van der Waals surface area contributed by atoms with Gasteiger partial charge in [-0.2, -0.15) is 0 Å². The van der Waals surface area contributed by atoms with Gasteiger partial charge in [0.05, 0.1) is 11.5 Å². The maximum atomic E-state index is 12.6. The Morgan fingerprint density at radius 1 is 1.11 bits per heavy atom. The van der Waals surface area contributed by atoms with Gasteiger partial charge in [0.15, 0.2) is 0 Å². The molecular formula is C20H27ClN2O4S. The van der Waals surface area contributed by atoms with Gasteiger partial charge in [-0.05, 0) is 55.3 Å². The summed E-state index contributed by atoms with van der Waals surface area (Å²) in [5, 5.41) is 3.38. The third-order valence-electron chi connectivity index (χ3n) is 4.53. The standard InChI is InChI=1S/C20H26N2O4S.ClH/c1-2-25-13-14-26-17-7-9-18(10-8-17)27(23,24)22-15-20-19-6-4-3-5-16(19)11-12-21-20;/h3-10,20-22H,2,11-15H2,1H3;1H. The van der Waals surface area contributed by atoms with E-state index in [4.69, 9.17) is 9.47 Å². The van der Waals surface area contributed by atoms with Crippen LogP contribution < -0.4 is 14.8 Å². The molecule has 1 heterocycles. The molecule has 1 atom stereocenters. The van der Waals surface area contributed by atoms with Gasteiger partial charge in [-0.3, -0.25) is 0 Å². The third-order valence-corrected chi connectivity index (χ3v) is 5.97. The zero-order chi connectivity index (χ0) is 19.1. The molecule has 6 nitrogen and oxygen atoms in total. The molecule has 0 amide bonds. The van der Waals surface area contributed by atoms with E-state index in [-0.39, 0.29) is 23.3 Å². The van der Waals surface area contributed by atoms with Gasteiger partial charge in [0, 0.05) is 19.2 Å². The van der Waals surface area contributed by atoms with Crippen LogP contribution in [0, 0.1) is 0 Å². The molecule has 0 aliphatic carbocycles. The van der Waals surface area contributed by atoms with Gasteiger partial charge in [0.2, 0.25) is 10.0 Å². The number of hydrogen-bond acceptors (Lipinski definition) is 5. The smallest absolute Gasteiger partial charge is 0.240 e. The van der Waals surface area contributed by atoms with E-state index in [9.17, 15) is 8.42 Å². The summed E-state index contributed by atoms with van der Waals surface area (Å²) in [6.45, 7) is 4.67. The number of nitrogens with one attached hydrogen (secondary N) is 2. The van der Waals surface area contributed by atoms with Gasteiger partial charge in [0.25, 0.3) is 0 Å². The maximum Gasteiger partial charge on any atom is 0.240 e. The lowest BCUT2D eigenvalue weighted by Crippen LogP contribution is -2.38. The van der Waals surface area contributed by atoms with Crippen LogP contribution in [-0.4, -0.2) is 41.3 Å². The first kappa shape index (κ1) is 22.6. The van der Waals surface area contributed by atoms with Crippen molar-refractivity contribution in [3.63, 3.8) is 0 Å². The number of ether oxygens (including phenoxy) is 2. The van der Waals surface area contributed by atoms with Crippen LogP contribution in [0.3, 0.4) is 0 Å². The Hall–Kier alpha value is -1.64. The van der Waals surface area contributed by atoms with E-state index >= 15 is 0 Å². The van der Waals surface area contributed by atoms with Gasteiger partial charge in [-0.25, -0.2) is 13.1 Å². The van der Waals surface area contributed by atoms with E-state index < -0.39 is 10.0 Å². The first-order chi connectivity index (χ1) is 13.1. The average Bonchev–Trinajstić information content (AvgIpc) is 2.70. The largest absolute Gasteiger partial charge is 0.491 e. The summed E-state index contributed by atoms with van der Waals surface area (Å²) in [7, 11) is -3.58. The number of fused-ring (bicyclic) bond motifs is 1. The van der Waals surface area contributed by atoms with Crippen LogP contribution in [-0.2, 0) is 21.2 Å². The Labute approximate surface area is 173 Å². The number of halogens is 1. The molecule has 0 saturated carbocycles. The van der Waals surface area contributed by atoms with Crippen molar-refractivity contribution in [3.8, 4) is 5.75 Å². The van der Waals surface area contributed by atoms with E-state index in [1.165, 1.54) is 5.56 Å². The maximum absolute atomic E-state index is 12.6. The van der Waals surface area contributed by atoms with Gasteiger partial charge >= 0.3 is 0 Å². The molecule has 2 aromatic rings. The molecule has 2 aromatic carbocycles. The highest BCUT2D eigenvalue weighted by atomic mass is 35.5. The van der Waals surface area contributed by atoms with E-state index in [1.54, 1.807) is 24.3 Å². The van der Waals surface area contributed by atoms with Crippen LogP contribution in [0.25, 0.3) is 0 Å². The lowest BCUT2D eigenvalue weighted by molar-refractivity contribution is 0.110. The summed E-state index contributed by atoms with van der Waals surface area (Å²) in [4.78, 5) is 0.226. The van der Waals surface area contributed by atoms with Gasteiger partial charge in [0.1, 0.15) is 12.4 Å². The summed E-state index contributed by atoms with van der Waals surface area (Å²) in [5.41, 5.74) is 2.43. The van der Waals surface area contributed by atoms with Gasteiger partial charge in [-0.15, -0.1) is 12.4 Å². The molecule has 2 N–H and O–H groups in total. The quantitative estimate of drug-likeness (QED) is 0.603. The fourth-order valence-electron chi connectivity index (χ4n) is 3.13. The zero-order valence-corrected chi connectivity index (χ0v) is 17.5. The molecular weight excluding hydrogens is 400 g/mol. The summed E-state index contributed by atoms with van der Waals surface area (Å²) in [6, 6.07) is 14.6. The fraction of sp³-hybridized carbons (Fsp3) is 0.400. The minimum atomic E-state index is -3.58. The van der Waals surface area contributed by atoms with Crippen LogP contribution >= 0.6 is 12.4 Å². The molecule has 154 valence electrons. The minimum absolute atomic E-state index is 0. The molecule has 0 bridgehead atoms. The highest BCUT2D eigenvalue weighted by Crippen LogP contribution is 2.23. The van der Waals surface area contributed by atoms with Crippen molar-refractivity contribution in [1.82, 2.24) is 10.0 Å². The number of benzene rings is 2. The SMILES string of the molecule is CCOCCOc1ccc(S(=O)(=O)NCC2NCCc3ccccc32)cc1.Cl. The molecule has 8 heteroatoms. The number of rotatable bonds is 9. The Morgan fingerprint density at radius 3 is 2.61 bits per heavy atom. The second kappa shape index (κ2) is 10.8. The Kier molecular flexibility index (Phi) is 8.72. The van der Waals surface area contributed by atoms with E-state index in [2.05, 4.69) is 22.2 Å². The Balaban J connectivity index is 0.00000280. The highest BCUT2D eigenvalue weighted by molar-refractivity contribution is 7.89. The van der Waals surface area contributed by atoms with Gasteiger partial charge < -0.3 is 14.8 Å². The van der Waals surface area contributed by atoms with Crippen molar-refractivity contribution in [1.29, 1.82) is 0 Å².